The Labute approximate surface area is 160 Å². The molecule has 1 aliphatic heterocycles. The molecule has 1 N–H and O–H groups in total. The number of ether oxygens (including phenoxy) is 2. The minimum atomic E-state index is 0.257. The number of methoxy groups -OCH3 is 1. The first-order valence-electron chi connectivity index (χ1n) is 9.20. The van der Waals surface area contributed by atoms with E-state index in [1.807, 2.05) is 25.1 Å². The Bertz CT molecular complexity index is 685. The van der Waals surface area contributed by atoms with Gasteiger partial charge in [-0.05, 0) is 62.7 Å². The summed E-state index contributed by atoms with van der Waals surface area (Å²) in [5.41, 5.74) is 1.07. The maximum absolute atomic E-state index is 6.34. The SMILES string of the molecule is CCOc1cc(CNCC(c2ccco2)N2CCCC2)cc(Cl)c1OC. The predicted octanol–water partition coefficient (Wildman–Crippen LogP) is 4.27. The normalized spacial score (nSPS) is 16.0. The van der Waals surface area contributed by atoms with E-state index in [-0.39, 0.29) is 6.04 Å². The summed E-state index contributed by atoms with van der Waals surface area (Å²) >= 11 is 6.34. The van der Waals surface area contributed by atoms with Crippen molar-refractivity contribution in [1.82, 2.24) is 10.2 Å². The second-order valence-electron chi connectivity index (χ2n) is 6.45. The third kappa shape index (κ3) is 4.53. The highest BCUT2D eigenvalue weighted by atomic mass is 35.5. The monoisotopic (exact) mass is 378 g/mol. The van der Waals surface area contributed by atoms with Crippen molar-refractivity contribution in [3.63, 3.8) is 0 Å². The fraction of sp³-hybridized carbons (Fsp3) is 0.500. The third-order valence-corrected chi connectivity index (χ3v) is 4.97. The van der Waals surface area contributed by atoms with Gasteiger partial charge in [-0.1, -0.05) is 11.6 Å². The summed E-state index contributed by atoms with van der Waals surface area (Å²) in [5, 5.41) is 4.11. The molecule has 26 heavy (non-hydrogen) atoms. The zero-order valence-electron chi connectivity index (χ0n) is 15.5. The third-order valence-electron chi connectivity index (χ3n) is 4.69. The molecule has 2 heterocycles. The maximum atomic E-state index is 6.34. The van der Waals surface area contributed by atoms with Crippen LogP contribution in [0.3, 0.4) is 0 Å². The number of benzene rings is 1. The molecule has 0 amide bonds. The van der Waals surface area contributed by atoms with Crippen LogP contribution >= 0.6 is 11.6 Å². The second kappa shape index (κ2) is 9.31. The Balaban J connectivity index is 1.66. The zero-order chi connectivity index (χ0) is 18.4. The number of hydrogen-bond acceptors (Lipinski definition) is 5. The van der Waals surface area contributed by atoms with Crippen LogP contribution in [0.5, 0.6) is 11.5 Å². The zero-order valence-corrected chi connectivity index (χ0v) is 16.2. The Hall–Kier alpha value is -1.69. The van der Waals surface area contributed by atoms with Crippen molar-refractivity contribution in [1.29, 1.82) is 0 Å². The average Bonchev–Trinajstić information content (AvgIpc) is 3.33. The van der Waals surface area contributed by atoms with E-state index in [1.165, 1.54) is 12.8 Å². The summed E-state index contributed by atoms with van der Waals surface area (Å²) in [6, 6.07) is 8.18. The molecule has 6 heteroatoms. The summed E-state index contributed by atoms with van der Waals surface area (Å²) in [6.07, 6.45) is 4.25. The number of rotatable bonds is 9. The quantitative estimate of drug-likeness (QED) is 0.706. The van der Waals surface area contributed by atoms with E-state index >= 15 is 0 Å². The molecule has 2 aromatic rings. The minimum Gasteiger partial charge on any atom is -0.491 e. The molecule has 0 saturated carbocycles. The average molecular weight is 379 g/mol. The number of likely N-dealkylation sites (tertiary alicyclic amines) is 1. The van der Waals surface area contributed by atoms with Crippen LogP contribution in [0.2, 0.25) is 5.02 Å². The highest BCUT2D eigenvalue weighted by Crippen LogP contribution is 2.36. The first-order chi connectivity index (χ1) is 12.7. The van der Waals surface area contributed by atoms with Gasteiger partial charge in [-0.15, -0.1) is 0 Å². The van der Waals surface area contributed by atoms with Crippen molar-refractivity contribution in [2.24, 2.45) is 0 Å². The lowest BCUT2D eigenvalue weighted by Crippen LogP contribution is -2.33. The molecule has 0 radical (unpaired) electrons. The Morgan fingerprint density at radius 1 is 1.31 bits per heavy atom. The van der Waals surface area contributed by atoms with Gasteiger partial charge in [-0.2, -0.15) is 0 Å². The van der Waals surface area contributed by atoms with Gasteiger partial charge in [0.05, 0.1) is 31.0 Å². The molecule has 1 aromatic heterocycles. The first-order valence-corrected chi connectivity index (χ1v) is 9.58. The molecule has 1 saturated heterocycles. The Morgan fingerprint density at radius 3 is 2.77 bits per heavy atom. The number of furan rings is 1. The van der Waals surface area contributed by atoms with Crippen LogP contribution in [0.4, 0.5) is 0 Å². The van der Waals surface area contributed by atoms with Crippen molar-refractivity contribution in [3.05, 3.63) is 46.9 Å². The summed E-state index contributed by atoms with van der Waals surface area (Å²) in [7, 11) is 1.60. The number of nitrogens with one attached hydrogen (secondary N) is 1. The molecule has 1 unspecified atom stereocenters. The molecular weight excluding hydrogens is 352 g/mol. The summed E-state index contributed by atoms with van der Waals surface area (Å²) in [6.45, 7) is 6.28. The lowest BCUT2D eigenvalue weighted by molar-refractivity contribution is 0.209. The van der Waals surface area contributed by atoms with E-state index in [2.05, 4.69) is 16.3 Å². The van der Waals surface area contributed by atoms with Crippen LogP contribution in [-0.2, 0) is 6.54 Å². The highest BCUT2D eigenvalue weighted by Gasteiger charge is 2.25. The first kappa shape index (κ1) is 19.1. The summed E-state index contributed by atoms with van der Waals surface area (Å²) in [4.78, 5) is 2.48. The molecule has 0 spiro atoms. The molecule has 0 aliphatic carbocycles. The molecule has 1 atom stereocenters. The van der Waals surface area contributed by atoms with Gasteiger partial charge in [0, 0.05) is 13.1 Å². The van der Waals surface area contributed by atoms with Gasteiger partial charge in [0.1, 0.15) is 5.76 Å². The van der Waals surface area contributed by atoms with E-state index in [1.54, 1.807) is 13.4 Å². The van der Waals surface area contributed by atoms with Crippen molar-refractivity contribution < 1.29 is 13.9 Å². The van der Waals surface area contributed by atoms with Gasteiger partial charge in [-0.25, -0.2) is 0 Å². The standard InChI is InChI=1S/C20H27ClN2O3/c1-3-25-19-12-15(11-16(21)20(19)24-2)13-22-14-17(18-7-6-10-26-18)23-8-4-5-9-23/h6-7,10-12,17,22H,3-5,8-9,13-14H2,1-2H3. The minimum absolute atomic E-state index is 0.257. The van der Waals surface area contributed by atoms with Crippen LogP contribution < -0.4 is 14.8 Å². The topological polar surface area (TPSA) is 46.9 Å². The van der Waals surface area contributed by atoms with Crippen LogP contribution in [-0.4, -0.2) is 38.3 Å². The Morgan fingerprint density at radius 2 is 2.12 bits per heavy atom. The van der Waals surface area contributed by atoms with Gasteiger partial charge in [0.25, 0.3) is 0 Å². The van der Waals surface area contributed by atoms with Gasteiger partial charge in [-0.3, -0.25) is 4.90 Å². The van der Waals surface area contributed by atoms with Crippen molar-refractivity contribution in [3.8, 4) is 11.5 Å². The maximum Gasteiger partial charge on any atom is 0.179 e. The van der Waals surface area contributed by atoms with Crippen molar-refractivity contribution in [2.75, 3.05) is 33.4 Å². The fourth-order valence-electron chi connectivity index (χ4n) is 3.48. The second-order valence-corrected chi connectivity index (χ2v) is 6.85. The van der Waals surface area contributed by atoms with E-state index in [0.717, 1.165) is 31.0 Å². The van der Waals surface area contributed by atoms with Crippen LogP contribution in [0.15, 0.2) is 34.9 Å². The molecule has 1 aliphatic rings. The van der Waals surface area contributed by atoms with Gasteiger partial charge < -0.3 is 19.2 Å². The molecule has 5 nitrogen and oxygen atoms in total. The van der Waals surface area contributed by atoms with E-state index in [4.69, 9.17) is 25.5 Å². The van der Waals surface area contributed by atoms with Crippen LogP contribution in [0.1, 0.15) is 37.1 Å². The highest BCUT2D eigenvalue weighted by molar-refractivity contribution is 6.32. The van der Waals surface area contributed by atoms with Crippen LogP contribution in [0.25, 0.3) is 0 Å². The smallest absolute Gasteiger partial charge is 0.179 e. The molecule has 1 aromatic carbocycles. The molecule has 142 valence electrons. The fourth-order valence-corrected chi connectivity index (χ4v) is 3.79. The number of nitrogens with zero attached hydrogens (tertiary/aromatic N) is 1. The van der Waals surface area contributed by atoms with Crippen molar-refractivity contribution in [2.45, 2.75) is 32.4 Å². The lowest BCUT2D eigenvalue weighted by Gasteiger charge is -2.26. The number of hydrogen-bond donors (Lipinski definition) is 1. The van der Waals surface area contributed by atoms with Crippen molar-refractivity contribution >= 4 is 11.6 Å². The van der Waals surface area contributed by atoms with Gasteiger partial charge in [0.2, 0.25) is 0 Å². The van der Waals surface area contributed by atoms with E-state index in [9.17, 15) is 0 Å². The number of halogens is 1. The molecular formula is C20H27ClN2O3. The largest absolute Gasteiger partial charge is 0.491 e. The molecule has 3 rings (SSSR count). The van der Waals surface area contributed by atoms with Crippen LogP contribution in [0, 0.1) is 0 Å². The van der Waals surface area contributed by atoms with E-state index < -0.39 is 0 Å². The summed E-state index contributed by atoms with van der Waals surface area (Å²) < 4.78 is 16.7. The Kier molecular flexibility index (Phi) is 6.83. The van der Waals surface area contributed by atoms with E-state index in [0.29, 0.717) is 29.7 Å². The lowest BCUT2D eigenvalue weighted by atomic mass is 10.1. The summed E-state index contributed by atoms with van der Waals surface area (Å²) in [5.74, 6) is 2.28. The molecule has 1 fully saturated rings. The van der Waals surface area contributed by atoms with Gasteiger partial charge in [0.15, 0.2) is 11.5 Å². The molecule has 0 bridgehead atoms. The predicted molar refractivity (Wildman–Crippen MR) is 103 cm³/mol. The van der Waals surface area contributed by atoms with Gasteiger partial charge >= 0.3 is 0 Å².